The molecule has 0 aliphatic rings. The van der Waals surface area contributed by atoms with Gasteiger partial charge in [-0.15, -0.1) is 0 Å². The van der Waals surface area contributed by atoms with Crippen LogP contribution in [-0.4, -0.2) is 33.0 Å². The van der Waals surface area contributed by atoms with Crippen molar-refractivity contribution >= 4 is 21.6 Å². The maximum atomic E-state index is 12.6. The van der Waals surface area contributed by atoms with Gasteiger partial charge < -0.3 is 4.74 Å². The molecule has 0 saturated carbocycles. The van der Waals surface area contributed by atoms with Gasteiger partial charge in [0.2, 0.25) is 5.78 Å². The molecule has 28 heavy (non-hydrogen) atoms. The minimum absolute atomic E-state index is 0.118. The van der Waals surface area contributed by atoms with Gasteiger partial charge in [-0.25, -0.2) is 13.2 Å². The van der Waals surface area contributed by atoms with Crippen molar-refractivity contribution in [1.29, 1.82) is 0 Å². The summed E-state index contributed by atoms with van der Waals surface area (Å²) in [5, 5.41) is 0. The largest absolute Gasteiger partial charge is 0.454 e. The zero-order chi connectivity index (χ0) is 21.1. The molecule has 6 heteroatoms. The third-order valence-corrected chi connectivity index (χ3v) is 5.65. The summed E-state index contributed by atoms with van der Waals surface area (Å²) >= 11 is 0. The van der Waals surface area contributed by atoms with Crippen molar-refractivity contribution in [3.05, 3.63) is 64.7 Å². The molecule has 0 unspecified atom stereocenters. The average Bonchev–Trinajstić information content (AvgIpc) is 2.64. The van der Waals surface area contributed by atoms with Crippen molar-refractivity contribution < 1.29 is 22.7 Å². The number of benzene rings is 2. The number of rotatable bonds is 7. The van der Waals surface area contributed by atoms with Crippen LogP contribution < -0.4 is 0 Å². The second kappa shape index (κ2) is 8.69. The monoisotopic (exact) mass is 402 g/mol. The Kier molecular flexibility index (Phi) is 6.77. The van der Waals surface area contributed by atoms with Crippen molar-refractivity contribution in [2.24, 2.45) is 0 Å². The minimum atomic E-state index is -3.34. The first kappa shape index (κ1) is 21.8. The lowest BCUT2D eigenvalue weighted by molar-refractivity contribution is 0.0474. The molecule has 0 N–H and O–H groups in total. The Morgan fingerprint density at radius 3 is 2.04 bits per heavy atom. The summed E-state index contributed by atoms with van der Waals surface area (Å²) in [6.45, 7) is 7.86. The molecule has 0 spiro atoms. The molecule has 0 heterocycles. The zero-order valence-electron chi connectivity index (χ0n) is 16.9. The summed E-state index contributed by atoms with van der Waals surface area (Å²) in [5.74, 6) is -0.412. The lowest BCUT2D eigenvalue weighted by Gasteiger charge is -2.15. The van der Waals surface area contributed by atoms with Crippen molar-refractivity contribution in [2.75, 3.05) is 12.9 Å². The summed E-state index contributed by atoms with van der Waals surface area (Å²) < 4.78 is 28.1. The Morgan fingerprint density at radius 2 is 1.54 bits per heavy atom. The Labute approximate surface area is 166 Å². The van der Waals surface area contributed by atoms with Gasteiger partial charge >= 0.3 is 5.97 Å². The smallest absolute Gasteiger partial charge is 0.338 e. The van der Waals surface area contributed by atoms with Gasteiger partial charge in [0.25, 0.3) is 0 Å². The van der Waals surface area contributed by atoms with E-state index in [-0.39, 0.29) is 28.8 Å². The summed E-state index contributed by atoms with van der Waals surface area (Å²) in [6, 6.07) is 11.2. The molecular formula is C22H26O5S. The molecule has 5 nitrogen and oxygen atoms in total. The molecule has 0 aliphatic heterocycles. The van der Waals surface area contributed by atoms with Gasteiger partial charge in [0.15, 0.2) is 16.4 Å². The minimum Gasteiger partial charge on any atom is -0.454 e. The summed E-state index contributed by atoms with van der Waals surface area (Å²) in [4.78, 5) is 24.9. The highest BCUT2D eigenvalue weighted by atomic mass is 32.2. The van der Waals surface area contributed by atoms with Crippen molar-refractivity contribution in [1.82, 2.24) is 0 Å². The Balaban J connectivity index is 2.12. The van der Waals surface area contributed by atoms with Crippen LogP contribution in [-0.2, 0) is 14.6 Å². The molecule has 0 amide bonds. The fourth-order valence-electron chi connectivity index (χ4n) is 2.80. The van der Waals surface area contributed by atoms with Crippen LogP contribution in [0.1, 0.15) is 71.4 Å². The molecule has 150 valence electrons. The van der Waals surface area contributed by atoms with E-state index in [9.17, 15) is 18.0 Å². The Hall–Kier alpha value is -2.47. The molecule has 0 saturated heterocycles. The van der Waals surface area contributed by atoms with Crippen LogP contribution in [0.5, 0.6) is 0 Å². The van der Waals surface area contributed by atoms with Crippen LogP contribution >= 0.6 is 0 Å². The van der Waals surface area contributed by atoms with Gasteiger partial charge in [0.1, 0.15) is 0 Å². The fraction of sp³-hybridized carbons (Fsp3) is 0.364. The van der Waals surface area contributed by atoms with E-state index in [1.165, 1.54) is 24.3 Å². The van der Waals surface area contributed by atoms with E-state index < -0.39 is 15.8 Å². The SMILES string of the molecule is CC(C)c1ccc(C(=O)COC(=O)c2ccc(S(C)(=O)=O)cc2)c(C(C)C)c1. The molecule has 0 bridgehead atoms. The van der Waals surface area contributed by atoms with E-state index in [0.29, 0.717) is 11.5 Å². The van der Waals surface area contributed by atoms with Gasteiger partial charge in [-0.05, 0) is 47.2 Å². The van der Waals surface area contributed by atoms with E-state index >= 15 is 0 Å². The number of hydrogen-bond donors (Lipinski definition) is 0. The van der Waals surface area contributed by atoms with Crippen LogP contribution in [0.25, 0.3) is 0 Å². The number of hydrogen-bond acceptors (Lipinski definition) is 5. The molecule has 0 aliphatic carbocycles. The topological polar surface area (TPSA) is 77.5 Å². The third kappa shape index (κ3) is 5.29. The number of carbonyl (C=O) groups excluding carboxylic acids is 2. The van der Waals surface area contributed by atoms with Crippen LogP contribution in [0, 0.1) is 0 Å². The predicted molar refractivity (Wildman–Crippen MR) is 109 cm³/mol. The molecule has 2 aromatic carbocycles. The molecule has 0 fully saturated rings. The number of esters is 1. The molecule has 0 radical (unpaired) electrons. The highest BCUT2D eigenvalue weighted by molar-refractivity contribution is 7.90. The van der Waals surface area contributed by atoms with E-state index in [1.807, 2.05) is 26.0 Å². The van der Waals surface area contributed by atoms with Gasteiger partial charge in [0, 0.05) is 11.8 Å². The average molecular weight is 403 g/mol. The number of carbonyl (C=O) groups is 2. The number of ketones is 1. The fourth-order valence-corrected chi connectivity index (χ4v) is 3.43. The van der Waals surface area contributed by atoms with Gasteiger partial charge in [-0.1, -0.05) is 45.9 Å². The van der Waals surface area contributed by atoms with Crippen molar-refractivity contribution in [3.8, 4) is 0 Å². The van der Waals surface area contributed by atoms with E-state index in [4.69, 9.17) is 4.74 Å². The molecule has 2 rings (SSSR count). The summed E-state index contributed by atoms with van der Waals surface area (Å²) in [5.41, 5.74) is 2.84. The second-order valence-corrected chi connectivity index (χ2v) is 9.47. The van der Waals surface area contributed by atoms with Crippen LogP contribution in [0.3, 0.4) is 0 Å². The first-order chi connectivity index (χ1) is 13.0. The van der Waals surface area contributed by atoms with Gasteiger partial charge in [-0.3, -0.25) is 4.79 Å². The second-order valence-electron chi connectivity index (χ2n) is 7.45. The maximum Gasteiger partial charge on any atom is 0.338 e. The van der Waals surface area contributed by atoms with Crippen LogP contribution in [0.15, 0.2) is 47.4 Å². The van der Waals surface area contributed by atoms with E-state index in [2.05, 4.69) is 13.8 Å². The summed E-state index contributed by atoms with van der Waals surface area (Å²) in [7, 11) is -3.34. The number of ether oxygens (including phenoxy) is 1. The lowest BCUT2D eigenvalue weighted by atomic mass is 9.90. The lowest BCUT2D eigenvalue weighted by Crippen LogP contribution is -2.16. The molecule has 0 atom stereocenters. The Bertz CT molecular complexity index is 970. The third-order valence-electron chi connectivity index (χ3n) is 4.52. The predicted octanol–water partition coefficient (Wildman–Crippen LogP) is 4.38. The van der Waals surface area contributed by atoms with E-state index in [0.717, 1.165) is 17.4 Å². The first-order valence-electron chi connectivity index (χ1n) is 9.15. The normalized spacial score (nSPS) is 11.7. The highest BCUT2D eigenvalue weighted by Gasteiger charge is 2.18. The van der Waals surface area contributed by atoms with Crippen LogP contribution in [0.2, 0.25) is 0 Å². The van der Waals surface area contributed by atoms with E-state index in [1.54, 1.807) is 6.07 Å². The maximum absolute atomic E-state index is 12.6. The zero-order valence-corrected chi connectivity index (χ0v) is 17.7. The highest BCUT2D eigenvalue weighted by Crippen LogP contribution is 2.25. The standard InChI is InChI=1S/C22H26O5S/c1-14(2)17-8-11-19(20(12-17)15(3)4)21(23)13-27-22(24)16-6-9-18(10-7-16)28(5,25)26/h6-12,14-15H,13H2,1-5H3. The molecule has 2 aromatic rings. The van der Waals surface area contributed by atoms with Gasteiger partial charge in [0.05, 0.1) is 10.5 Å². The van der Waals surface area contributed by atoms with Gasteiger partial charge in [-0.2, -0.15) is 0 Å². The summed E-state index contributed by atoms with van der Waals surface area (Å²) in [6.07, 6.45) is 1.09. The molecule has 0 aromatic heterocycles. The Morgan fingerprint density at radius 1 is 0.929 bits per heavy atom. The van der Waals surface area contributed by atoms with Crippen LogP contribution in [0.4, 0.5) is 0 Å². The quantitative estimate of drug-likeness (QED) is 0.507. The first-order valence-corrected chi connectivity index (χ1v) is 11.0. The van der Waals surface area contributed by atoms with Crippen molar-refractivity contribution in [2.45, 2.75) is 44.4 Å². The molecular weight excluding hydrogens is 376 g/mol. The van der Waals surface area contributed by atoms with Crippen molar-refractivity contribution in [3.63, 3.8) is 0 Å². The number of Topliss-reactive ketones (excluding diaryl/α,β-unsaturated/α-hetero) is 1. The number of sulfone groups is 1.